The first-order chi connectivity index (χ1) is 5.16. The Morgan fingerprint density at radius 3 is 2.64 bits per heavy atom. The van der Waals surface area contributed by atoms with Gasteiger partial charge in [0, 0.05) is 5.92 Å². The molecule has 4 atom stereocenters. The Bertz CT molecular complexity index is 126. The van der Waals surface area contributed by atoms with Crippen LogP contribution in [0.5, 0.6) is 0 Å². The zero-order valence-electron chi connectivity index (χ0n) is 6.47. The third kappa shape index (κ3) is 1.70. The predicted octanol–water partition coefficient (Wildman–Crippen LogP) is -1.26. The van der Waals surface area contributed by atoms with Gasteiger partial charge in [0.05, 0.1) is 25.4 Å². The summed E-state index contributed by atoms with van der Waals surface area (Å²) in [6, 6.07) is 0. The Hall–Kier alpha value is -0.160. The van der Waals surface area contributed by atoms with Crippen molar-refractivity contribution in [3.8, 4) is 0 Å². The highest BCUT2D eigenvalue weighted by molar-refractivity contribution is 4.83. The van der Waals surface area contributed by atoms with Crippen LogP contribution in [0.2, 0.25) is 0 Å². The van der Waals surface area contributed by atoms with E-state index in [1.807, 2.05) is 0 Å². The van der Waals surface area contributed by atoms with E-state index < -0.39 is 12.2 Å². The van der Waals surface area contributed by atoms with E-state index in [-0.39, 0.29) is 25.2 Å². The number of hydrogen-bond acceptors (Lipinski definition) is 4. The Morgan fingerprint density at radius 2 is 2.09 bits per heavy atom. The van der Waals surface area contributed by atoms with Gasteiger partial charge in [0.15, 0.2) is 0 Å². The van der Waals surface area contributed by atoms with Gasteiger partial charge in [0.25, 0.3) is 0 Å². The molecule has 0 radical (unpaired) electrons. The summed E-state index contributed by atoms with van der Waals surface area (Å²) in [6.07, 6.45) is -1.93. The van der Waals surface area contributed by atoms with Crippen LogP contribution in [0.1, 0.15) is 6.92 Å². The number of hydrogen-bond donors (Lipinski definition) is 3. The summed E-state index contributed by atoms with van der Waals surface area (Å²) in [5.74, 6) is -0.205. The summed E-state index contributed by atoms with van der Waals surface area (Å²) in [5.41, 5.74) is 0. The standard InChI is InChI=1S/C7H14O4/c1-4-6(2-8)11-3-5(9)7(4)10/h4-10H,2-3H2,1H3/t4-,5?,6?,7?/m0/s1. The summed E-state index contributed by atoms with van der Waals surface area (Å²) in [5, 5.41) is 27.2. The van der Waals surface area contributed by atoms with E-state index >= 15 is 0 Å². The molecule has 0 bridgehead atoms. The normalized spacial score (nSPS) is 45.8. The van der Waals surface area contributed by atoms with Crippen molar-refractivity contribution in [1.82, 2.24) is 0 Å². The summed E-state index contributed by atoms with van der Waals surface area (Å²) >= 11 is 0. The minimum atomic E-state index is -0.812. The maximum Gasteiger partial charge on any atom is 0.104 e. The maximum atomic E-state index is 9.31. The molecule has 1 saturated heterocycles. The van der Waals surface area contributed by atoms with Gasteiger partial charge in [-0.25, -0.2) is 0 Å². The Kier molecular flexibility index (Phi) is 2.84. The van der Waals surface area contributed by atoms with Crippen LogP contribution < -0.4 is 0 Å². The van der Waals surface area contributed by atoms with Crippen LogP contribution in [0.3, 0.4) is 0 Å². The zero-order valence-corrected chi connectivity index (χ0v) is 6.47. The molecule has 1 heterocycles. The van der Waals surface area contributed by atoms with Crippen LogP contribution in [0.15, 0.2) is 0 Å². The van der Waals surface area contributed by atoms with Crippen molar-refractivity contribution < 1.29 is 20.1 Å². The van der Waals surface area contributed by atoms with Gasteiger partial charge in [-0.15, -0.1) is 0 Å². The first-order valence-corrected chi connectivity index (χ1v) is 3.75. The largest absolute Gasteiger partial charge is 0.394 e. The lowest BCUT2D eigenvalue weighted by molar-refractivity contribution is -0.163. The van der Waals surface area contributed by atoms with Crippen LogP contribution >= 0.6 is 0 Å². The molecule has 0 aromatic carbocycles. The van der Waals surface area contributed by atoms with Gasteiger partial charge in [-0.05, 0) is 0 Å². The van der Waals surface area contributed by atoms with Crippen LogP contribution in [-0.4, -0.2) is 46.8 Å². The fourth-order valence-corrected chi connectivity index (χ4v) is 1.26. The van der Waals surface area contributed by atoms with E-state index in [1.165, 1.54) is 0 Å². The van der Waals surface area contributed by atoms with Crippen molar-refractivity contribution in [2.45, 2.75) is 25.2 Å². The topological polar surface area (TPSA) is 69.9 Å². The molecule has 11 heavy (non-hydrogen) atoms. The molecule has 1 fully saturated rings. The second-order valence-corrected chi connectivity index (χ2v) is 2.97. The van der Waals surface area contributed by atoms with Gasteiger partial charge in [0.2, 0.25) is 0 Å². The number of aliphatic hydroxyl groups excluding tert-OH is 3. The van der Waals surface area contributed by atoms with E-state index in [0.717, 1.165) is 0 Å². The number of aliphatic hydroxyl groups is 3. The summed E-state index contributed by atoms with van der Waals surface area (Å²) in [6.45, 7) is 1.75. The monoisotopic (exact) mass is 162 g/mol. The third-order valence-electron chi connectivity index (χ3n) is 2.18. The minimum absolute atomic E-state index is 0.106. The average molecular weight is 162 g/mol. The third-order valence-corrected chi connectivity index (χ3v) is 2.18. The Balaban J connectivity index is 2.52. The first-order valence-electron chi connectivity index (χ1n) is 3.75. The molecule has 0 aliphatic carbocycles. The lowest BCUT2D eigenvalue weighted by Crippen LogP contribution is -2.49. The van der Waals surface area contributed by atoms with Crippen molar-refractivity contribution in [1.29, 1.82) is 0 Å². The molecule has 4 nitrogen and oxygen atoms in total. The summed E-state index contributed by atoms with van der Waals surface area (Å²) in [4.78, 5) is 0. The summed E-state index contributed by atoms with van der Waals surface area (Å²) < 4.78 is 5.06. The molecule has 1 aliphatic heterocycles. The van der Waals surface area contributed by atoms with E-state index in [2.05, 4.69) is 0 Å². The minimum Gasteiger partial charge on any atom is -0.394 e. The van der Waals surface area contributed by atoms with E-state index in [9.17, 15) is 5.11 Å². The SMILES string of the molecule is C[C@H]1C(CO)OCC(O)C1O. The number of rotatable bonds is 1. The van der Waals surface area contributed by atoms with Crippen LogP contribution in [0.25, 0.3) is 0 Å². The molecule has 1 rings (SSSR count). The van der Waals surface area contributed by atoms with Gasteiger partial charge in [-0.1, -0.05) is 6.92 Å². The second kappa shape index (κ2) is 3.49. The molecule has 0 saturated carbocycles. The van der Waals surface area contributed by atoms with Gasteiger partial charge >= 0.3 is 0 Å². The lowest BCUT2D eigenvalue weighted by Gasteiger charge is -2.35. The average Bonchev–Trinajstić information content (AvgIpc) is 2.01. The highest BCUT2D eigenvalue weighted by Gasteiger charge is 2.34. The van der Waals surface area contributed by atoms with Crippen molar-refractivity contribution in [3.63, 3.8) is 0 Å². The van der Waals surface area contributed by atoms with E-state index in [1.54, 1.807) is 6.92 Å². The van der Waals surface area contributed by atoms with Crippen LogP contribution in [-0.2, 0) is 4.74 Å². The lowest BCUT2D eigenvalue weighted by atomic mass is 9.92. The van der Waals surface area contributed by atoms with Crippen molar-refractivity contribution in [2.24, 2.45) is 5.92 Å². The summed E-state index contributed by atoms with van der Waals surface area (Å²) in [7, 11) is 0. The molecule has 1 aliphatic rings. The molecule has 0 aromatic rings. The molecule has 0 spiro atoms. The fourth-order valence-electron chi connectivity index (χ4n) is 1.26. The molecule has 0 aromatic heterocycles. The van der Waals surface area contributed by atoms with Gasteiger partial charge in [-0.3, -0.25) is 0 Å². The van der Waals surface area contributed by atoms with Gasteiger partial charge < -0.3 is 20.1 Å². The second-order valence-electron chi connectivity index (χ2n) is 2.97. The smallest absolute Gasteiger partial charge is 0.104 e. The highest BCUT2D eigenvalue weighted by atomic mass is 16.5. The molecule has 4 heteroatoms. The van der Waals surface area contributed by atoms with E-state index in [0.29, 0.717) is 0 Å². The highest BCUT2D eigenvalue weighted by Crippen LogP contribution is 2.20. The number of ether oxygens (including phenoxy) is 1. The zero-order chi connectivity index (χ0) is 8.43. The Morgan fingerprint density at radius 1 is 1.45 bits per heavy atom. The van der Waals surface area contributed by atoms with Gasteiger partial charge in [-0.2, -0.15) is 0 Å². The fraction of sp³-hybridized carbons (Fsp3) is 1.00. The van der Waals surface area contributed by atoms with Crippen molar-refractivity contribution in [2.75, 3.05) is 13.2 Å². The van der Waals surface area contributed by atoms with Crippen LogP contribution in [0, 0.1) is 5.92 Å². The van der Waals surface area contributed by atoms with E-state index in [4.69, 9.17) is 14.9 Å². The first kappa shape index (κ1) is 8.93. The van der Waals surface area contributed by atoms with Gasteiger partial charge in [0.1, 0.15) is 6.10 Å². The molecule has 3 N–H and O–H groups in total. The molecular formula is C7H14O4. The van der Waals surface area contributed by atoms with Crippen molar-refractivity contribution >= 4 is 0 Å². The molecular weight excluding hydrogens is 148 g/mol. The molecule has 3 unspecified atom stereocenters. The predicted molar refractivity (Wildman–Crippen MR) is 38.0 cm³/mol. The molecule has 66 valence electrons. The Labute approximate surface area is 65.4 Å². The van der Waals surface area contributed by atoms with Crippen LogP contribution in [0.4, 0.5) is 0 Å². The molecule has 0 amide bonds. The quantitative estimate of drug-likeness (QED) is 0.450. The van der Waals surface area contributed by atoms with Crippen molar-refractivity contribution in [3.05, 3.63) is 0 Å². The maximum absolute atomic E-state index is 9.31.